The lowest BCUT2D eigenvalue weighted by Crippen LogP contribution is -2.59. The molecule has 0 bridgehead atoms. The third-order valence-electron chi connectivity index (χ3n) is 5.45. The van der Waals surface area contributed by atoms with Gasteiger partial charge in [0.05, 0.1) is 25.2 Å². The number of nitrogens with zero attached hydrogens (tertiary/aromatic N) is 2. The van der Waals surface area contributed by atoms with Crippen molar-refractivity contribution in [3.63, 3.8) is 0 Å². The number of nitrogens with one attached hydrogen (secondary N) is 1. The minimum atomic E-state index is -3.57. The highest BCUT2D eigenvalue weighted by Gasteiger charge is 2.41. The predicted molar refractivity (Wildman–Crippen MR) is 113 cm³/mol. The Balaban J connectivity index is 1.68. The van der Waals surface area contributed by atoms with Gasteiger partial charge in [-0.2, -0.15) is 11.8 Å². The zero-order chi connectivity index (χ0) is 20.2. The Labute approximate surface area is 171 Å². The second kappa shape index (κ2) is 9.02. The molecule has 2 saturated heterocycles. The van der Waals surface area contributed by atoms with Crippen LogP contribution in [0.25, 0.3) is 0 Å². The zero-order valence-corrected chi connectivity index (χ0v) is 18.2. The number of aryl methyl sites for hydroxylation is 1. The molecule has 0 aromatic heterocycles. The third-order valence-corrected chi connectivity index (χ3v) is 7.81. The van der Waals surface area contributed by atoms with Crippen LogP contribution in [0.1, 0.15) is 12.0 Å². The minimum Gasteiger partial charge on any atom is -0.379 e. The van der Waals surface area contributed by atoms with Crippen molar-refractivity contribution in [2.45, 2.75) is 18.9 Å². The summed E-state index contributed by atoms with van der Waals surface area (Å²) >= 11 is 1.90. The molecule has 2 aliphatic rings. The first-order valence-electron chi connectivity index (χ1n) is 9.52. The molecular weight excluding hydrogens is 398 g/mol. The van der Waals surface area contributed by atoms with Crippen LogP contribution in [0.5, 0.6) is 0 Å². The quantitative estimate of drug-likeness (QED) is 0.702. The van der Waals surface area contributed by atoms with Gasteiger partial charge in [-0.3, -0.25) is 14.0 Å². The molecule has 1 unspecified atom stereocenters. The Morgan fingerprint density at radius 3 is 2.64 bits per heavy atom. The molecule has 2 heterocycles. The molecule has 0 radical (unpaired) electrons. The molecule has 2 fully saturated rings. The molecule has 0 saturated carbocycles. The normalized spacial score (nSPS) is 23.5. The minimum absolute atomic E-state index is 0.0668. The molecule has 1 N–H and O–H groups in total. The zero-order valence-electron chi connectivity index (χ0n) is 16.5. The van der Waals surface area contributed by atoms with Crippen LogP contribution >= 0.6 is 11.8 Å². The molecule has 1 atom stereocenters. The standard InChI is InChI=1S/C19H29N3O4S2/c1-16-5-3-4-6-17(16)22(28(2,24)25)13-18(23)20-14-19(7-12-27-15-19)21-8-10-26-11-9-21/h3-6H,7-15H2,1-2H3,(H,20,23). The van der Waals surface area contributed by atoms with Crippen LogP contribution in [0.3, 0.4) is 0 Å². The van der Waals surface area contributed by atoms with Crippen molar-refractivity contribution >= 4 is 33.4 Å². The number of benzene rings is 1. The van der Waals surface area contributed by atoms with E-state index in [1.807, 2.05) is 30.8 Å². The van der Waals surface area contributed by atoms with Crippen molar-refractivity contribution < 1.29 is 17.9 Å². The number of ether oxygens (including phenoxy) is 1. The Morgan fingerprint density at radius 1 is 1.32 bits per heavy atom. The second-order valence-electron chi connectivity index (χ2n) is 7.46. The van der Waals surface area contributed by atoms with Gasteiger partial charge in [0, 0.05) is 30.9 Å². The summed E-state index contributed by atoms with van der Waals surface area (Å²) in [5, 5.41) is 3.01. The number of carbonyl (C=O) groups is 1. The van der Waals surface area contributed by atoms with Gasteiger partial charge in [0.15, 0.2) is 0 Å². The number of hydrogen-bond donors (Lipinski definition) is 1. The van der Waals surface area contributed by atoms with Crippen molar-refractivity contribution in [3.8, 4) is 0 Å². The van der Waals surface area contributed by atoms with Gasteiger partial charge in [0.25, 0.3) is 0 Å². The smallest absolute Gasteiger partial charge is 0.240 e. The number of thioether (sulfide) groups is 1. The van der Waals surface area contributed by atoms with Crippen LogP contribution in [-0.4, -0.2) is 81.9 Å². The Hall–Kier alpha value is -1.29. The van der Waals surface area contributed by atoms with Crippen LogP contribution in [0.15, 0.2) is 24.3 Å². The summed E-state index contributed by atoms with van der Waals surface area (Å²) in [7, 11) is -3.57. The summed E-state index contributed by atoms with van der Waals surface area (Å²) in [4.78, 5) is 15.1. The summed E-state index contributed by atoms with van der Waals surface area (Å²) in [6, 6.07) is 7.20. The molecule has 0 spiro atoms. The SMILES string of the molecule is Cc1ccccc1N(CC(=O)NCC1(N2CCOCC2)CCSC1)S(C)(=O)=O. The maximum Gasteiger partial charge on any atom is 0.240 e. The molecule has 156 valence electrons. The number of para-hydroxylation sites is 1. The van der Waals surface area contributed by atoms with Gasteiger partial charge in [-0.15, -0.1) is 0 Å². The van der Waals surface area contributed by atoms with Crippen LogP contribution in [0.4, 0.5) is 5.69 Å². The van der Waals surface area contributed by atoms with Gasteiger partial charge in [0.1, 0.15) is 6.54 Å². The van der Waals surface area contributed by atoms with E-state index in [0.29, 0.717) is 12.2 Å². The predicted octanol–water partition coefficient (Wildman–Crippen LogP) is 1.09. The van der Waals surface area contributed by atoms with E-state index < -0.39 is 10.0 Å². The molecule has 9 heteroatoms. The van der Waals surface area contributed by atoms with E-state index in [1.165, 1.54) is 4.31 Å². The van der Waals surface area contributed by atoms with E-state index in [4.69, 9.17) is 4.74 Å². The lowest BCUT2D eigenvalue weighted by molar-refractivity contribution is -0.120. The summed E-state index contributed by atoms with van der Waals surface area (Å²) in [5.41, 5.74) is 1.29. The van der Waals surface area contributed by atoms with Crippen molar-refractivity contribution in [3.05, 3.63) is 29.8 Å². The van der Waals surface area contributed by atoms with E-state index in [2.05, 4.69) is 10.2 Å². The van der Waals surface area contributed by atoms with Crippen molar-refractivity contribution in [2.24, 2.45) is 0 Å². The molecule has 28 heavy (non-hydrogen) atoms. The largest absolute Gasteiger partial charge is 0.379 e. The van der Waals surface area contributed by atoms with Gasteiger partial charge >= 0.3 is 0 Å². The molecular formula is C19H29N3O4S2. The third kappa shape index (κ3) is 5.00. The first-order chi connectivity index (χ1) is 13.3. The number of hydrogen-bond acceptors (Lipinski definition) is 6. The number of carbonyl (C=O) groups excluding carboxylic acids is 1. The monoisotopic (exact) mass is 427 g/mol. The van der Waals surface area contributed by atoms with E-state index >= 15 is 0 Å². The number of anilines is 1. The van der Waals surface area contributed by atoms with Crippen LogP contribution < -0.4 is 9.62 Å². The fourth-order valence-electron chi connectivity index (χ4n) is 3.81. The van der Waals surface area contributed by atoms with Crippen LogP contribution in [0.2, 0.25) is 0 Å². The highest BCUT2D eigenvalue weighted by atomic mass is 32.2. The fourth-order valence-corrected chi connectivity index (χ4v) is 6.20. The number of morpholine rings is 1. The molecule has 3 rings (SSSR count). The summed E-state index contributed by atoms with van der Waals surface area (Å²) in [5.74, 6) is 1.77. The van der Waals surface area contributed by atoms with E-state index in [-0.39, 0.29) is 18.0 Å². The van der Waals surface area contributed by atoms with E-state index in [9.17, 15) is 13.2 Å². The van der Waals surface area contributed by atoms with Crippen molar-refractivity contribution in [1.82, 2.24) is 10.2 Å². The summed E-state index contributed by atoms with van der Waals surface area (Å²) in [6.45, 7) is 5.34. The number of amides is 1. The average Bonchev–Trinajstić information content (AvgIpc) is 3.15. The van der Waals surface area contributed by atoms with Gasteiger partial charge < -0.3 is 10.1 Å². The first kappa shape index (κ1) is 21.4. The van der Waals surface area contributed by atoms with Crippen LogP contribution in [0, 0.1) is 6.92 Å². The molecule has 1 aromatic carbocycles. The fraction of sp³-hybridized carbons (Fsp3) is 0.632. The second-order valence-corrected chi connectivity index (χ2v) is 10.5. The molecule has 1 aromatic rings. The average molecular weight is 428 g/mol. The Bertz CT molecular complexity index is 788. The van der Waals surface area contributed by atoms with Crippen LogP contribution in [-0.2, 0) is 19.6 Å². The lowest BCUT2D eigenvalue weighted by Gasteiger charge is -2.43. The molecule has 2 aliphatic heterocycles. The van der Waals surface area contributed by atoms with Gasteiger partial charge in [0.2, 0.25) is 15.9 Å². The van der Waals surface area contributed by atoms with Gasteiger partial charge in [-0.1, -0.05) is 18.2 Å². The highest BCUT2D eigenvalue weighted by molar-refractivity contribution is 7.99. The summed E-state index contributed by atoms with van der Waals surface area (Å²) in [6.07, 6.45) is 2.15. The molecule has 7 nitrogen and oxygen atoms in total. The Kier molecular flexibility index (Phi) is 6.90. The first-order valence-corrected chi connectivity index (χ1v) is 12.5. The number of rotatable bonds is 7. The van der Waals surface area contributed by atoms with E-state index in [0.717, 1.165) is 56.0 Å². The van der Waals surface area contributed by atoms with E-state index in [1.54, 1.807) is 12.1 Å². The maximum absolute atomic E-state index is 12.7. The van der Waals surface area contributed by atoms with Gasteiger partial charge in [-0.25, -0.2) is 8.42 Å². The summed E-state index contributed by atoms with van der Waals surface area (Å²) < 4.78 is 31.3. The number of sulfonamides is 1. The molecule has 0 aliphatic carbocycles. The Morgan fingerprint density at radius 2 is 2.04 bits per heavy atom. The maximum atomic E-state index is 12.7. The van der Waals surface area contributed by atoms with Crippen molar-refractivity contribution in [1.29, 1.82) is 0 Å². The van der Waals surface area contributed by atoms with Crippen molar-refractivity contribution in [2.75, 3.05) is 61.5 Å². The van der Waals surface area contributed by atoms with Gasteiger partial charge in [-0.05, 0) is 30.7 Å². The topological polar surface area (TPSA) is 79.0 Å². The lowest BCUT2D eigenvalue weighted by atomic mass is 9.95. The highest BCUT2D eigenvalue weighted by Crippen LogP contribution is 2.33. The molecule has 1 amide bonds.